The summed E-state index contributed by atoms with van der Waals surface area (Å²) in [6, 6.07) is 0. The Morgan fingerprint density at radius 1 is 0.333 bits per heavy atom. The third-order valence-corrected chi connectivity index (χ3v) is 5.71. The minimum absolute atomic E-state index is 0.243. The van der Waals surface area contributed by atoms with Crippen molar-refractivity contribution in [1.82, 2.24) is 0 Å². The quantitative estimate of drug-likeness (QED) is 0.0958. The average Bonchev–Trinajstić information content (AvgIpc) is 3.03. The predicted octanol–water partition coefficient (Wildman–Crippen LogP) is 2.24. The highest BCUT2D eigenvalue weighted by molar-refractivity contribution is 5.67. The minimum Gasteiger partial charge on any atom is -0.480 e. The second-order valence-corrected chi connectivity index (χ2v) is 9.60. The van der Waals surface area contributed by atoms with Crippen molar-refractivity contribution < 1.29 is 66.7 Å². The van der Waals surface area contributed by atoms with Gasteiger partial charge >= 0.3 is 5.97 Å². The second-order valence-electron chi connectivity index (χ2n) is 9.60. The molecule has 0 aromatic carbocycles. The summed E-state index contributed by atoms with van der Waals surface area (Å²) in [6.45, 7) is 13.5. The number of aliphatic carboxylic acids is 1. The summed E-state index contributed by atoms with van der Waals surface area (Å²) >= 11 is 0. The molecule has 0 unspecified atom stereocenters. The molecule has 0 saturated heterocycles. The number of carbonyl (C=O) groups is 1. The lowest BCUT2D eigenvalue weighted by Gasteiger charge is -2.09. The number of ether oxygens (including phenoxy) is 12. The maximum Gasteiger partial charge on any atom is 0.329 e. The molecule has 14 heteroatoms. The third kappa shape index (κ3) is 43.0. The summed E-state index contributed by atoms with van der Waals surface area (Å²) in [7, 11) is 0. The van der Waals surface area contributed by atoms with Crippen LogP contribution < -0.4 is 0 Å². The van der Waals surface area contributed by atoms with Gasteiger partial charge in [0.15, 0.2) is 0 Å². The summed E-state index contributed by atoms with van der Waals surface area (Å²) in [4.78, 5) is 10.3. The van der Waals surface area contributed by atoms with Gasteiger partial charge in [-0.1, -0.05) is 32.6 Å². The lowest BCUT2D eigenvalue weighted by Crippen LogP contribution is -2.15. The van der Waals surface area contributed by atoms with Crippen molar-refractivity contribution in [3.05, 3.63) is 0 Å². The Morgan fingerprint density at radius 2 is 0.556 bits per heavy atom. The van der Waals surface area contributed by atoms with E-state index >= 15 is 0 Å². The molecule has 14 nitrogen and oxygen atoms in total. The summed E-state index contributed by atoms with van der Waals surface area (Å²) in [5.41, 5.74) is 0. The highest BCUT2D eigenvalue weighted by Gasteiger charge is 1.98. The number of hydrogen-bond donors (Lipinski definition) is 1. The number of carboxylic acid groups (broad SMARTS) is 1. The molecule has 0 amide bonds. The number of rotatable bonds is 41. The largest absolute Gasteiger partial charge is 0.480 e. The summed E-state index contributed by atoms with van der Waals surface area (Å²) in [5, 5.41) is 8.42. The first kappa shape index (κ1) is 44.0. The van der Waals surface area contributed by atoms with Gasteiger partial charge < -0.3 is 61.9 Å². The van der Waals surface area contributed by atoms with E-state index in [1.54, 1.807) is 0 Å². The predicted molar refractivity (Wildman–Crippen MR) is 166 cm³/mol. The van der Waals surface area contributed by atoms with E-state index in [2.05, 4.69) is 6.92 Å². The Bertz CT molecular complexity index is 558. The van der Waals surface area contributed by atoms with Gasteiger partial charge in [0.2, 0.25) is 0 Å². The van der Waals surface area contributed by atoms with Gasteiger partial charge in [0.25, 0.3) is 0 Å². The van der Waals surface area contributed by atoms with E-state index in [9.17, 15) is 4.79 Å². The van der Waals surface area contributed by atoms with E-state index < -0.39 is 5.97 Å². The van der Waals surface area contributed by atoms with E-state index in [1.165, 1.54) is 25.7 Å². The highest BCUT2D eigenvalue weighted by Crippen LogP contribution is 2.02. The topological polar surface area (TPSA) is 148 Å². The first-order valence-electron chi connectivity index (χ1n) is 16.4. The monoisotopic (exact) mass is 658 g/mol. The van der Waals surface area contributed by atoms with Crippen LogP contribution in [0.15, 0.2) is 0 Å². The molecule has 0 saturated carbocycles. The first-order chi connectivity index (χ1) is 22.3. The van der Waals surface area contributed by atoms with Gasteiger partial charge in [-0.25, -0.2) is 4.79 Å². The molecule has 270 valence electrons. The van der Waals surface area contributed by atoms with Crippen LogP contribution in [0, 0.1) is 0 Å². The van der Waals surface area contributed by atoms with E-state index in [0.717, 1.165) is 13.0 Å². The van der Waals surface area contributed by atoms with Crippen molar-refractivity contribution >= 4 is 5.97 Å². The van der Waals surface area contributed by atoms with Crippen LogP contribution in [0.4, 0.5) is 0 Å². The van der Waals surface area contributed by atoms with Crippen LogP contribution in [0.5, 0.6) is 0 Å². The SMILES string of the molecule is CCCCCCCOCCOCCOCCOCCOCCOCCOCCOCCOCCOCCOCCOCC(=O)O. The zero-order chi connectivity index (χ0) is 32.6. The normalized spacial score (nSPS) is 11.5. The van der Waals surface area contributed by atoms with Crippen LogP contribution >= 0.6 is 0 Å². The first-order valence-corrected chi connectivity index (χ1v) is 16.4. The summed E-state index contributed by atoms with van der Waals surface area (Å²) < 4.78 is 64.7. The van der Waals surface area contributed by atoms with Crippen molar-refractivity contribution in [2.75, 3.05) is 159 Å². The molecule has 0 atom stereocenters. The Labute approximate surface area is 270 Å². The van der Waals surface area contributed by atoms with Crippen molar-refractivity contribution in [1.29, 1.82) is 0 Å². The van der Waals surface area contributed by atoms with Crippen LogP contribution in [0.2, 0.25) is 0 Å². The molecule has 0 aliphatic carbocycles. The molecule has 0 aliphatic heterocycles. The Kier molecular flexibility index (Phi) is 40.1. The standard InChI is InChI=1S/C31H62O14/c1-2-3-4-5-6-7-34-8-9-35-10-11-36-12-13-37-14-15-38-16-17-39-18-19-40-20-21-41-22-23-42-24-25-43-26-27-44-28-29-45-30-31(32)33/h2-30H2,1H3,(H,32,33). The molecule has 0 aliphatic rings. The highest BCUT2D eigenvalue weighted by atomic mass is 16.6. The fourth-order valence-corrected chi connectivity index (χ4v) is 3.39. The Hall–Kier alpha value is -1.01. The number of carboxylic acids is 1. The maximum absolute atomic E-state index is 10.3. The van der Waals surface area contributed by atoms with E-state index in [0.29, 0.717) is 139 Å². The van der Waals surface area contributed by atoms with E-state index in [1.807, 2.05) is 0 Å². The van der Waals surface area contributed by atoms with Gasteiger partial charge in [-0.05, 0) is 6.42 Å². The van der Waals surface area contributed by atoms with Crippen LogP contribution in [-0.4, -0.2) is 170 Å². The lowest BCUT2D eigenvalue weighted by molar-refractivity contribution is -0.142. The molecular weight excluding hydrogens is 596 g/mol. The van der Waals surface area contributed by atoms with E-state index in [-0.39, 0.29) is 13.2 Å². The molecule has 1 N–H and O–H groups in total. The maximum atomic E-state index is 10.3. The van der Waals surface area contributed by atoms with Crippen molar-refractivity contribution in [2.45, 2.75) is 39.0 Å². The Balaban J connectivity index is 3.04. The zero-order valence-electron chi connectivity index (χ0n) is 27.8. The molecule has 0 radical (unpaired) electrons. The molecule has 0 spiro atoms. The van der Waals surface area contributed by atoms with Crippen LogP contribution in [0.3, 0.4) is 0 Å². The fourth-order valence-electron chi connectivity index (χ4n) is 3.39. The van der Waals surface area contributed by atoms with Crippen molar-refractivity contribution in [2.24, 2.45) is 0 Å². The fraction of sp³-hybridized carbons (Fsp3) is 0.968. The molecule has 0 aromatic rings. The number of hydrogen-bond acceptors (Lipinski definition) is 13. The van der Waals surface area contributed by atoms with Gasteiger partial charge in [-0.15, -0.1) is 0 Å². The lowest BCUT2D eigenvalue weighted by atomic mass is 10.2. The minimum atomic E-state index is -0.994. The zero-order valence-corrected chi connectivity index (χ0v) is 27.8. The van der Waals surface area contributed by atoms with Gasteiger partial charge in [0.05, 0.1) is 145 Å². The third-order valence-electron chi connectivity index (χ3n) is 5.71. The molecule has 0 heterocycles. The van der Waals surface area contributed by atoms with Crippen molar-refractivity contribution in [3.8, 4) is 0 Å². The average molecular weight is 659 g/mol. The molecule has 45 heavy (non-hydrogen) atoms. The van der Waals surface area contributed by atoms with Gasteiger partial charge in [-0.3, -0.25) is 0 Å². The molecule has 0 fully saturated rings. The van der Waals surface area contributed by atoms with Gasteiger partial charge in [0.1, 0.15) is 6.61 Å². The molecular formula is C31H62O14. The van der Waals surface area contributed by atoms with Crippen LogP contribution in [0.25, 0.3) is 0 Å². The molecule has 0 aromatic heterocycles. The van der Waals surface area contributed by atoms with Crippen LogP contribution in [-0.2, 0) is 61.6 Å². The second kappa shape index (κ2) is 41.0. The number of unbranched alkanes of at least 4 members (excludes halogenated alkanes) is 4. The summed E-state index contributed by atoms with van der Waals surface area (Å²) in [6.07, 6.45) is 6.26. The van der Waals surface area contributed by atoms with Gasteiger partial charge in [-0.2, -0.15) is 0 Å². The Morgan fingerprint density at radius 3 is 0.800 bits per heavy atom. The van der Waals surface area contributed by atoms with E-state index in [4.69, 9.17) is 61.9 Å². The summed E-state index contributed by atoms with van der Waals surface area (Å²) in [5.74, 6) is -0.994. The van der Waals surface area contributed by atoms with Crippen LogP contribution in [0.1, 0.15) is 39.0 Å². The molecule has 0 bridgehead atoms. The smallest absolute Gasteiger partial charge is 0.329 e. The molecule has 0 rings (SSSR count). The van der Waals surface area contributed by atoms with Gasteiger partial charge in [0, 0.05) is 6.61 Å². The van der Waals surface area contributed by atoms with Crippen molar-refractivity contribution in [3.63, 3.8) is 0 Å².